The summed E-state index contributed by atoms with van der Waals surface area (Å²) in [5, 5.41) is 11.9. The maximum atomic E-state index is 6.49. The number of ether oxygens (including phenoxy) is 1. The highest BCUT2D eigenvalue weighted by Crippen LogP contribution is 2.26. The number of nitrogens with zero attached hydrogens (tertiary/aromatic N) is 4. The van der Waals surface area contributed by atoms with E-state index in [0.29, 0.717) is 30.0 Å². The maximum Gasteiger partial charge on any atom is 0.257 e. The second-order valence-electron chi connectivity index (χ2n) is 6.69. The second-order valence-corrected chi connectivity index (χ2v) is 7.99. The summed E-state index contributed by atoms with van der Waals surface area (Å²) in [5.41, 5.74) is 1.79. The molecule has 150 valence electrons. The summed E-state index contributed by atoms with van der Waals surface area (Å²) >= 11 is 8.07. The Kier molecular flexibility index (Phi) is 6.08. The van der Waals surface area contributed by atoms with Crippen molar-refractivity contribution in [2.24, 2.45) is 0 Å². The largest absolute Gasteiger partial charge is 0.497 e. The van der Waals surface area contributed by atoms with Gasteiger partial charge in [0, 0.05) is 23.6 Å². The van der Waals surface area contributed by atoms with Crippen LogP contribution < -0.4 is 4.74 Å². The van der Waals surface area contributed by atoms with Crippen LogP contribution in [0, 0.1) is 0 Å². The Morgan fingerprint density at radius 3 is 2.83 bits per heavy atom. The predicted octanol–water partition coefficient (Wildman–Crippen LogP) is 5.42. The number of hydrogen-bond acceptors (Lipinski definition) is 7. The van der Waals surface area contributed by atoms with Crippen LogP contribution >= 0.6 is 22.9 Å². The van der Waals surface area contributed by atoms with Crippen molar-refractivity contribution in [1.29, 1.82) is 0 Å². The lowest BCUT2D eigenvalue weighted by Gasteiger charge is -2.20. The number of benzene rings is 1. The Morgan fingerprint density at radius 1 is 1.17 bits per heavy atom. The number of methoxy groups -OCH3 is 1. The molecule has 1 aromatic carbocycles. The summed E-state index contributed by atoms with van der Waals surface area (Å²) in [6.07, 6.45) is 1.00. The Hall–Kier alpha value is -2.48. The van der Waals surface area contributed by atoms with Crippen LogP contribution in [0.15, 0.2) is 46.2 Å². The fraction of sp³-hybridized carbons (Fsp3) is 0.286. The van der Waals surface area contributed by atoms with E-state index in [2.05, 4.69) is 33.1 Å². The van der Waals surface area contributed by atoms with Crippen molar-refractivity contribution in [2.75, 3.05) is 13.7 Å². The van der Waals surface area contributed by atoms with E-state index in [-0.39, 0.29) is 0 Å². The monoisotopic (exact) mass is 428 g/mol. The maximum absolute atomic E-state index is 6.49. The molecule has 0 unspecified atom stereocenters. The van der Waals surface area contributed by atoms with Crippen molar-refractivity contribution >= 4 is 33.8 Å². The van der Waals surface area contributed by atoms with Crippen LogP contribution in [0.1, 0.15) is 24.8 Å². The molecule has 0 fully saturated rings. The van der Waals surface area contributed by atoms with Crippen LogP contribution in [0.4, 0.5) is 0 Å². The molecule has 0 aliphatic heterocycles. The minimum absolute atomic E-state index is 0.497. The molecule has 0 spiro atoms. The van der Waals surface area contributed by atoms with Gasteiger partial charge in [0.1, 0.15) is 10.9 Å². The van der Waals surface area contributed by atoms with Gasteiger partial charge in [-0.15, -0.1) is 21.5 Å². The molecule has 0 saturated carbocycles. The van der Waals surface area contributed by atoms with Gasteiger partial charge < -0.3 is 9.15 Å². The molecule has 3 aromatic heterocycles. The molecule has 29 heavy (non-hydrogen) atoms. The minimum Gasteiger partial charge on any atom is -0.497 e. The summed E-state index contributed by atoms with van der Waals surface area (Å²) in [6, 6.07) is 11.8. The topological polar surface area (TPSA) is 64.3 Å². The average molecular weight is 429 g/mol. The second kappa shape index (κ2) is 8.90. The molecule has 8 heteroatoms. The molecule has 0 radical (unpaired) electrons. The fourth-order valence-electron chi connectivity index (χ4n) is 3.18. The molecule has 0 aliphatic rings. The van der Waals surface area contributed by atoms with E-state index in [1.165, 1.54) is 0 Å². The predicted molar refractivity (Wildman–Crippen MR) is 115 cm³/mol. The van der Waals surface area contributed by atoms with Crippen molar-refractivity contribution in [3.8, 4) is 16.5 Å². The van der Waals surface area contributed by atoms with Gasteiger partial charge in [-0.25, -0.2) is 4.98 Å². The number of halogens is 1. The standard InChI is InChI=1S/C21H21ClN4O2S/c1-3-8-26(13-19-24-25-21(28-19)18-5-4-9-29-18)12-15-10-14-6-7-16(27-2)11-17(14)23-20(15)22/h4-7,9-11H,3,8,12-13H2,1-2H3. The molecule has 4 aromatic rings. The molecular weight excluding hydrogens is 408 g/mol. The van der Waals surface area contributed by atoms with E-state index in [9.17, 15) is 0 Å². The first kappa shape index (κ1) is 19.8. The van der Waals surface area contributed by atoms with Gasteiger partial charge in [-0.2, -0.15) is 0 Å². The highest BCUT2D eigenvalue weighted by molar-refractivity contribution is 7.13. The van der Waals surface area contributed by atoms with Gasteiger partial charge in [-0.3, -0.25) is 4.90 Å². The lowest BCUT2D eigenvalue weighted by atomic mass is 10.1. The Balaban J connectivity index is 1.54. The van der Waals surface area contributed by atoms with Gasteiger partial charge >= 0.3 is 0 Å². The van der Waals surface area contributed by atoms with Gasteiger partial charge in [0.25, 0.3) is 5.89 Å². The zero-order valence-corrected chi connectivity index (χ0v) is 17.8. The van der Waals surface area contributed by atoms with E-state index in [4.69, 9.17) is 20.8 Å². The van der Waals surface area contributed by atoms with Crippen molar-refractivity contribution < 1.29 is 9.15 Å². The van der Waals surface area contributed by atoms with Crippen molar-refractivity contribution in [3.05, 3.63) is 58.4 Å². The average Bonchev–Trinajstić information content (AvgIpc) is 3.40. The lowest BCUT2D eigenvalue weighted by molar-refractivity contribution is 0.232. The zero-order chi connectivity index (χ0) is 20.2. The summed E-state index contributed by atoms with van der Waals surface area (Å²) in [7, 11) is 1.64. The molecule has 0 atom stereocenters. The van der Waals surface area contributed by atoms with E-state index in [1.54, 1.807) is 18.4 Å². The molecular formula is C21H21ClN4O2S. The molecule has 0 saturated heterocycles. The van der Waals surface area contributed by atoms with Crippen LogP contribution in [-0.4, -0.2) is 33.7 Å². The molecule has 4 rings (SSSR count). The molecule has 0 aliphatic carbocycles. The molecule has 0 amide bonds. The molecule has 3 heterocycles. The van der Waals surface area contributed by atoms with Gasteiger partial charge in [0.2, 0.25) is 5.89 Å². The third-order valence-electron chi connectivity index (χ3n) is 4.54. The van der Waals surface area contributed by atoms with Crippen molar-refractivity contribution in [1.82, 2.24) is 20.1 Å². The van der Waals surface area contributed by atoms with E-state index in [0.717, 1.165) is 40.1 Å². The Bertz CT molecular complexity index is 1100. The number of aromatic nitrogens is 3. The number of thiophene rings is 1. The van der Waals surface area contributed by atoms with E-state index < -0.39 is 0 Å². The highest BCUT2D eigenvalue weighted by Gasteiger charge is 2.16. The third kappa shape index (κ3) is 4.58. The number of rotatable bonds is 8. The van der Waals surface area contributed by atoms with Crippen molar-refractivity contribution in [2.45, 2.75) is 26.4 Å². The normalized spacial score (nSPS) is 11.4. The van der Waals surface area contributed by atoms with E-state index >= 15 is 0 Å². The highest BCUT2D eigenvalue weighted by atomic mass is 35.5. The SMILES string of the molecule is CCCN(Cc1nnc(-c2cccs2)o1)Cc1cc2ccc(OC)cc2nc1Cl. The first-order chi connectivity index (χ1) is 14.2. The van der Waals surface area contributed by atoms with Crippen molar-refractivity contribution in [3.63, 3.8) is 0 Å². The Morgan fingerprint density at radius 2 is 2.07 bits per heavy atom. The zero-order valence-electron chi connectivity index (χ0n) is 16.3. The summed E-state index contributed by atoms with van der Waals surface area (Å²) in [6.45, 7) is 4.24. The van der Waals surface area contributed by atoms with Crippen LogP contribution in [-0.2, 0) is 13.1 Å². The van der Waals surface area contributed by atoms with Crippen LogP contribution in [0.25, 0.3) is 21.7 Å². The smallest absolute Gasteiger partial charge is 0.257 e. The molecule has 0 bridgehead atoms. The van der Waals surface area contributed by atoms with Crippen LogP contribution in [0.2, 0.25) is 5.15 Å². The summed E-state index contributed by atoms with van der Waals surface area (Å²) in [5.74, 6) is 1.92. The van der Waals surface area contributed by atoms with Gasteiger partial charge in [0.15, 0.2) is 0 Å². The first-order valence-corrected chi connectivity index (χ1v) is 10.6. The molecule has 0 N–H and O–H groups in total. The minimum atomic E-state index is 0.497. The molecule has 6 nitrogen and oxygen atoms in total. The number of pyridine rings is 1. The summed E-state index contributed by atoms with van der Waals surface area (Å²) < 4.78 is 11.1. The number of fused-ring (bicyclic) bond motifs is 1. The Labute approximate surface area is 178 Å². The van der Waals surface area contributed by atoms with Gasteiger partial charge in [-0.05, 0) is 42.6 Å². The van der Waals surface area contributed by atoms with Gasteiger partial charge in [-0.1, -0.05) is 24.6 Å². The van der Waals surface area contributed by atoms with Crippen LogP contribution in [0.5, 0.6) is 5.75 Å². The lowest BCUT2D eigenvalue weighted by Crippen LogP contribution is -2.24. The van der Waals surface area contributed by atoms with E-state index in [1.807, 2.05) is 35.7 Å². The quantitative estimate of drug-likeness (QED) is 0.349. The van der Waals surface area contributed by atoms with Gasteiger partial charge in [0.05, 0.1) is 24.0 Å². The first-order valence-electron chi connectivity index (χ1n) is 9.38. The summed E-state index contributed by atoms with van der Waals surface area (Å²) in [4.78, 5) is 7.77. The number of hydrogen-bond donors (Lipinski definition) is 0. The third-order valence-corrected chi connectivity index (χ3v) is 5.73. The fourth-order valence-corrected chi connectivity index (χ4v) is 4.03. The van der Waals surface area contributed by atoms with Crippen LogP contribution in [0.3, 0.4) is 0 Å².